The summed E-state index contributed by atoms with van der Waals surface area (Å²) in [7, 11) is 1.65. The molecule has 1 nitrogen and oxygen atoms in total. The number of rotatable bonds is 6. The zero-order valence-electron chi connectivity index (χ0n) is 11.8. The summed E-state index contributed by atoms with van der Waals surface area (Å²) in [4.78, 5) is 0. The molecule has 0 amide bonds. The van der Waals surface area contributed by atoms with Crippen LogP contribution in [-0.4, -0.2) is 12.4 Å². The lowest BCUT2D eigenvalue weighted by Gasteiger charge is -2.15. The molecule has 2 aromatic rings. The second-order valence-electron chi connectivity index (χ2n) is 4.99. The molecular weight excluding hydrogens is 355 g/mol. The predicted octanol–water partition coefficient (Wildman–Crippen LogP) is 5.28. The largest absolute Gasteiger partial charge is 0.497 e. The Bertz CT molecular complexity index is 586. The molecule has 0 bridgehead atoms. The molecule has 112 valence electrons. The Balaban J connectivity index is 2.07. The van der Waals surface area contributed by atoms with Crippen LogP contribution in [0.3, 0.4) is 0 Å². The summed E-state index contributed by atoms with van der Waals surface area (Å²) < 4.78 is 19.1. The maximum atomic E-state index is 14.0. The zero-order chi connectivity index (χ0) is 15.2. The van der Waals surface area contributed by atoms with E-state index in [1.54, 1.807) is 25.3 Å². The van der Waals surface area contributed by atoms with Crippen LogP contribution >= 0.6 is 27.5 Å². The van der Waals surface area contributed by atoms with Gasteiger partial charge in [0.1, 0.15) is 11.6 Å². The average molecular weight is 372 g/mol. The Morgan fingerprint density at radius 1 is 1.14 bits per heavy atom. The molecule has 0 aliphatic rings. The summed E-state index contributed by atoms with van der Waals surface area (Å²) in [6, 6.07) is 13.1. The Morgan fingerprint density at radius 3 is 2.48 bits per heavy atom. The van der Waals surface area contributed by atoms with Gasteiger partial charge < -0.3 is 4.74 Å². The van der Waals surface area contributed by atoms with Gasteiger partial charge in [-0.15, -0.1) is 0 Å². The van der Waals surface area contributed by atoms with E-state index in [0.29, 0.717) is 17.9 Å². The first-order valence-electron chi connectivity index (χ1n) is 6.75. The van der Waals surface area contributed by atoms with Crippen LogP contribution in [0.15, 0.2) is 42.5 Å². The minimum absolute atomic E-state index is 0.185. The van der Waals surface area contributed by atoms with Gasteiger partial charge in [-0.1, -0.05) is 51.8 Å². The van der Waals surface area contributed by atoms with Gasteiger partial charge in [0.15, 0.2) is 0 Å². The molecule has 1 unspecified atom stereocenters. The molecule has 0 aromatic heterocycles. The van der Waals surface area contributed by atoms with Gasteiger partial charge in [-0.05, 0) is 48.1 Å². The van der Waals surface area contributed by atoms with E-state index in [4.69, 9.17) is 16.3 Å². The zero-order valence-corrected chi connectivity index (χ0v) is 14.1. The predicted molar refractivity (Wildman–Crippen MR) is 89.1 cm³/mol. The highest BCUT2D eigenvalue weighted by molar-refractivity contribution is 9.09. The fourth-order valence-corrected chi connectivity index (χ4v) is 2.95. The highest BCUT2D eigenvalue weighted by Gasteiger charge is 2.14. The van der Waals surface area contributed by atoms with Crippen molar-refractivity contribution in [3.8, 4) is 5.75 Å². The summed E-state index contributed by atoms with van der Waals surface area (Å²) >= 11 is 9.36. The average Bonchev–Trinajstić information content (AvgIpc) is 2.51. The molecule has 0 saturated heterocycles. The van der Waals surface area contributed by atoms with E-state index in [1.807, 2.05) is 24.3 Å². The third-order valence-corrected chi connectivity index (χ3v) is 4.65. The Morgan fingerprint density at radius 2 is 1.86 bits per heavy atom. The Kier molecular flexibility index (Phi) is 6.07. The van der Waals surface area contributed by atoms with E-state index in [1.165, 1.54) is 5.56 Å². The standard InChI is InChI=1S/C17H17BrClFO/c1-21-15-7-5-12(6-8-15)9-13(11-18)10-14-3-2-4-16(19)17(14)20/h2-8,13H,9-11H2,1H3. The molecule has 0 fully saturated rings. The monoisotopic (exact) mass is 370 g/mol. The van der Waals surface area contributed by atoms with Crippen molar-refractivity contribution in [2.45, 2.75) is 12.8 Å². The van der Waals surface area contributed by atoms with Crippen LogP contribution in [0.25, 0.3) is 0 Å². The summed E-state index contributed by atoms with van der Waals surface area (Å²) in [5.41, 5.74) is 1.88. The SMILES string of the molecule is COc1ccc(CC(CBr)Cc2cccc(Cl)c2F)cc1. The van der Waals surface area contributed by atoms with Crippen LogP contribution < -0.4 is 4.74 Å². The topological polar surface area (TPSA) is 9.23 Å². The third kappa shape index (κ3) is 4.45. The quantitative estimate of drug-likeness (QED) is 0.627. The van der Waals surface area contributed by atoms with E-state index >= 15 is 0 Å². The van der Waals surface area contributed by atoms with Crippen molar-refractivity contribution in [3.63, 3.8) is 0 Å². The minimum atomic E-state index is -0.306. The molecule has 1 atom stereocenters. The van der Waals surface area contributed by atoms with Crippen molar-refractivity contribution < 1.29 is 9.13 Å². The first kappa shape index (κ1) is 16.3. The lowest BCUT2D eigenvalue weighted by molar-refractivity contribution is 0.414. The molecule has 4 heteroatoms. The number of hydrogen-bond acceptors (Lipinski definition) is 1. The Hall–Kier alpha value is -1.06. The molecule has 21 heavy (non-hydrogen) atoms. The number of methoxy groups -OCH3 is 1. The highest BCUT2D eigenvalue weighted by Crippen LogP contribution is 2.23. The normalized spacial score (nSPS) is 12.2. The van der Waals surface area contributed by atoms with Crippen molar-refractivity contribution in [1.29, 1.82) is 0 Å². The second kappa shape index (κ2) is 7.81. The molecule has 2 rings (SSSR count). The molecule has 0 spiro atoms. The van der Waals surface area contributed by atoms with Gasteiger partial charge in [-0.2, -0.15) is 0 Å². The van der Waals surface area contributed by atoms with E-state index in [0.717, 1.165) is 17.5 Å². The summed E-state index contributed by atoms with van der Waals surface area (Å²) in [5.74, 6) is 0.848. The van der Waals surface area contributed by atoms with Gasteiger partial charge in [0.05, 0.1) is 12.1 Å². The highest BCUT2D eigenvalue weighted by atomic mass is 79.9. The number of alkyl halides is 1. The maximum absolute atomic E-state index is 14.0. The molecule has 0 N–H and O–H groups in total. The van der Waals surface area contributed by atoms with Crippen molar-refractivity contribution in [3.05, 3.63) is 64.4 Å². The van der Waals surface area contributed by atoms with E-state index in [9.17, 15) is 4.39 Å². The lowest BCUT2D eigenvalue weighted by atomic mass is 9.94. The Labute approximate surface area is 138 Å². The summed E-state index contributed by atoms with van der Waals surface area (Å²) in [6.45, 7) is 0. The fourth-order valence-electron chi connectivity index (χ4n) is 2.29. The van der Waals surface area contributed by atoms with Crippen molar-refractivity contribution in [1.82, 2.24) is 0 Å². The van der Waals surface area contributed by atoms with Gasteiger partial charge in [-0.3, -0.25) is 0 Å². The molecule has 2 aromatic carbocycles. The van der Waals surface area contributed by atoms with Crippen LogP contribution in [0.2, 0.25) is 5.02 Å². The van der Waals surface area contributed by atoms with Gasteiger partial charge >= 0.3 is 0 Å². The number of hydrogen-bond donors (Lipinski definition) is 0. The van der Waals surface area contributed by atoms with E-state index < -0.39 is 0 Å². The molecule has 0 saturated carbocycles. The molecule has 0 radical (unpaired) electrons. The van der Waals surface area contributed by atoms with Crippen LogP contribution in [0.1, 0.15) is 11.1 Å². The van der Waals surface area contributed by atoms with Crippen LogP contribution in [0.4, 0.5) is 4.39 Å². The van der Waals surface area contributed by atoms with E-state index in [-0.39, 0.29) is 10.8 Å². The van der Waals surface area contributed by atoms with Crippen LogP contribution in [0, 0.1) is 11.7 Å². The van der Waals surface area contributed by atoms with Crippen molar-refractivity contribution in [2.75, 3.05) is 12.4 Å². The first-order chi connectivity index (χ1) is 10.1. The summed E-state index contributed by atoms with van der Waals surface area (Å²) in [5, 5.41) is 0.996. The molecular formula is C17H17BrClFO. The number of benzene rings is 2. The first-order valence-corrected chi connectivity index (χ1v) is 8.25. The van der Waals surface area contributed by atoms with Gasteiger partial charge in [0.25, 0.3) is 0 Å². The van der Waals surface area contributed by atoms with Gasteiger partial charge in [0, 0.05) is 5.33 Å². The lowest BCUT2D eigenvalue weighted by Crippen LogP contribution is -2.11. The molecule has 0 aliphatic carbocycles. The smallest absolute Gasteiger partial charge is 0.144 e. The fraction of sp³-hybridized carbons (Fsp3) is 0.294. The number of ether oxygens (including phenoxy) is 1. The van der Waals surface area contributed by atoms with Crippen molar-refractivity contribution in [2.24, 2.45) is 5.92 Å². The van der Waals surface area contributed by atoms with Crippen LogP contribution in [-0.2, 0) is 12.8 Å². The molecule has 0 heterocycles. The maximum Gasteiger partial charge on any atom is 0.144 e. The minimum Gasteiger partial charge on any atom is -0.497 e. The second-order valence-corrected chi connectivity index (χ2v) is 6.04. The van der Waals surface area contributed by atoms with Crippen molar-refractivity contribution >= 4 is 27.5 Å². The van der Waals surface area contributed by atoms with Gasteiger partial charge in [0.2, 0.25) is 0 Å². The summed E-state index contributed by atoms with van der Waals surface area (Å²) in [6.07, 6.45) is 1.53. The van der Waals surface area contributed by atoms with E-state index in [2.05, 4.69) is 15.9 Å². The van der Waals surface area contributed by atoms with Gasteiger partial charge in [-0.25, -0.2) is 4.39 Å². The third-order valence-electron chi connectivity index (χ3n) is 3.44. The van der Waals surface area contributed by atoms with Crippen LogP contribution in [0.5, 0.6) is 5.75 Å². The molecule has 0 aliphatic heterocycles. The number of halogens is 3.